The smallest absolute Gasteiger partial charge is 0.313 e. The molecule has 0 saturated carbocycles. The van der Waals surface area contributed by atoms with Crippen molar-refractivity contribution in [2.45, 2.75) is 33.6 Å². The summed E-state index contributed by atoms with van der Waals surface area (Å²) >= 11 is 0. The standard InChI is InChI=1S/C18H25NO4/c1-12-8-13(2)15(14(3)9-12)16(20)19-7-5-6-18(10-19,11-23-4)17(21)22/h8-9H,5-7,10-11H2,1-4H3,(H,21,22). The molecule has 5 heteroatoms. The second kappa shape index (κ2) is 6.71. The fourth-order valence-electron chi connectivity index (χ4n) is 3.61. The highest BCUT2D eigenvalue weighted by Gasteiger charge is 2.44. The van der Waals surface area contributed by atoms with E-state index in [0.717, 1.165) is 16.7 Å². The van der Waals surface area contributed by atoms with Gasteiger partial charge in [0.05, 0.1) is 6.61 Å². The largest absolute Gasteiger partial charge is 0.481 e. The Morgan fingerprint density at radius 3 is 2.39 bits per heavy atom. The van der Waals surface area contributed by atoms with Crippen LogP contribution in [0.4, 0.5) is 0 Å². The van der Waals surface area contributed by atoms with Crippen molar-refractivity contribution in [2.24, 2.45) is 5.41 Å². The maximum atomic E-state index is 13.0. The van der Waals surface area contributed by atoms with Crippen LogP contribution in [0, 0.1) is 26.2 Å². The molecular formula is C18H25NO4. The third-order valence-corrected chi connectivity index (χ3v) is 4.63. The molecule has 1 saturated heterocycles. The Morgan fingerprint density at radius 2 is 1.87 bits per heavy atom. The molecule has 1 aliphatic rings. The van der Waals surface area contributed by atoms with Gasteiger partial charge in [0.15, 0.2) is 0 Å². The SMILES string of the molecule is COCC1(C(=O)O)CCCN(C(=O)c2c(C)cc(C)cc2C)C1. The summed E-state index contributed by atoms with van der Waals surface area (Å²) in [7, 11) is 1.50. The summed E-state index contributed by atoms with van der Waals surface area (Å²) in [5, 5.41) is 9.62. The number of aliphatic carboxylic acids is 1. The van der Waals surface area contributed by atoms with Crippen molar-refractivity contribution >= 4 is 11.9 Å². The number of hydrogen-bond donors (Lipinski definition) is 1. The molecule has 1 heterocycles. The molecule has 1 aromatic rings. The van der Waals surface area contributed by atoms with E-state index in [1.165, 1.54) is 7.11 Å². The molecule has 0 spiro atoms. The maximum Gasteiger partial charge on any atom is 0.313 e. The lowest BCUT2D eigenvalue weighted by Gasteiger charge is -2.39. The molecule has 126 valence electrons. The van der Waals surface area contributed by atoms with E-state index in [2.05, 4.69) is 0 Å². The highest BCUT2D eigenvalue weighted by molar-refractivity contribution is 5.97. The van der Waals surface area contributed by atoms with Crippen molar-refractivity contribution in [3.8, 4) is 0 Å². The molecule has 0 bridgehead atoms. The van der Waals surface area contributed by atoms with Crippen LogP contribution in [0.3, 0.4) is 0 Å². The number of amides is 1. The average Bonchev–Trinajstić information content (AvgIpc) is 2.46. The van der Waals surface area contributed by atoms with Gasteiger partial charge in [-0.2, -0.15) is 0 Å². The monoisotopic (exact) mass is 319 g/mol. The van der Waals surface area contributed by atoms with Gasteiger partial charge in [0, 0.05) is 25.8 Å². The van der Waals surface area contributed by atoms with E-state index in [1.807, 2.05) is 32.9 Å². The number of aryl methyl sites for hydroxylation is 3. The summed E-state index contributed by atoms with van der Waals surface area (Å²) in [6.07, 6.45) is 1.21. The van der Waals surface area contributed by atoms with Crippen molar-refractivity contribution in [2.75, 3.05) is 26.8 Å². The minimum absolute atomic E-state index is 0.0820. The number of carbonyl (C=O) groups excluding carboxylic acids is 1. The van der Waals surface area contributed by atoms with Crippen LogP contribution in [-0.4, -0.2) is 48.7 Å². The maximum absolute atomic E-state index is 13.0. The van der Waals surface area contributed by atoms with E-state index < -0.39 is 11.4 Å². The Balaban J connectivity index is 2.31. The van der Waals surface area contributed by atoms with Crippen molar-refractivity contribution < 1.29 is 19.4 Å². The van der Waals surface area contributed by atoms with Gasteiger partial charge >= 0.3 is 5.97 Å². The van der Waals surface area contributed by atoms with E-state index >= 15 is 0 Å². The minimum Gasteiger partial charge on any atom is -0.481 e. The average molecular weight is 319 g/mol. The number of piperidine rings is 1. The number of hydrogen-bond acceptors (Lipinski definition) is 3. The number of likely N-dealkylation sites (tertiary alicyclic amines) is 1. The summed E-state index contributed by atoms with van der Waals surface area (Å²) in [6, 6.07) is 3.98. The lowest BCUT2D eigenvalue weighted by Crippen LogP contribution is -2.52. The van der Waals surface area contributed by atoms with Crippen LogP contribution in [-0.2, 0) is 9.53 Å². The Kier molecular flexibility index (Phi) is 5.09. The van der Waals surface area contributed by atoms with Gasteiger partial charge in [-0.3, -0.25) is 9.59 Å². The zero-order valence-corrected chi connectivity index (χ0v) is 14.3. The van der Waals surface area contributed by atoms with Gasteiger partial charge in [-0.1, -0.05) is 17.7 Å². The second-order valence-electron chi connectivity index (χ2n) is 6.62. The first kappa shape index (κ1) is 17.5. The lowest BCUT2D eigenvalue weighted by atomic mass is 9.80. The fourth-order valence-corrected chi connectivity index (χ4v) is 3.61. The molecule has 0 aliphatic carbocycles. The van der Waals surface area contributed by atoms with E-state index in [0.29, 0.717) is 24.9 Å². The van der Waals surface area contributed by atoms with Crippen molar-refractivity contribution in [3.63, 3.8) is 0 Å². The van der Waals surface area contributed by atoms with Crippen LogP contribution in [0.15, 0.2) is 12.1 Å². The topological polar surface area (TPSA) is 66.8 Å². The molecule has 1 atom stereocenters. The zero-order valence-electron chi connectivity index (χ0n) is 14.3. The van der Waals surface area contributed by atoms with Crippen molar-refractivity contribution in [1.82, 2.24) is 4.90 Å². The van der Waals surface area contributed by atoms with Crippen LogP contribution in [0.25, 0.3) is 0 Å². The van der Waals surface area contributed by atoms with E-state index in [9.17, 15) is 14.7 Å². The number of benzene rings is 1. The number of rotatable bonds is 4. The molecule has 1 fully saturated rings. The van der Waals surface area contributed by atoms with Gasteiger partial charge < -0.3 is 14.7 Å². The first-order valence-electron chi connectivity index (χ1n) is 7.90. The molecule has 23 heavy (non-hydrogen) atoms. The molecule has 0 radical (unpaired) electrons. The third-order valence-electron chi connectivity index (χ3n) is 4.63. The highest BCUT2D eigenvalue weighted by Crippen LogP contribution is 2.32. The fraction of sp³-hybridized carbons (Fsp3) is 0.556. The molecule has 1 N–H and O–H groups in total. The van der Waals surface area contributed by atoms with Gasteiger partial charge in [-0.15, -0.1) is 0 Å². The van der Waals surface area contributed by atoms with Gasteiger partial charge in [0.2, 0.25) is 0 Å². The summed E-state index contributed by atoms with van der Waals surface area (Å²) in [4.78, 5) is 26.4. The second-order valence-corrected chi connectivity index (χ2v) is 6.62. The number of nitrogens with zero attached hydrogens (tertiary/aromatic N) is 1. The van der Waals surface area contributed by atoms with E-state index in [1.54, 1.807) is 4.90 Å². The summed E-state index contributed by atoms with van der Waals surface area (Å²) in [6.45, 7) is 6.76. The summed E-state index contributed by atoms with van der Waals surface area (Å²) in [5.74, 6) is -0.976. The first-order chi connectivity index (χ1) is 10.8. The Hall–Kier alpha value is -1.88. The van der Waals surface area contributed by atoms with Crippen LogP contribution < -0.4 is 0 Å². The van der Waals surface area contributed by atoms with Gasteiger partial charge in [-0.05, 0) is 44.7 Å². The number of ether oxygens (including phenoxy) is 1. The zero-order chi connectivity index (χ0) is 17.2. The third kappa shape index (κ3) is 3.39. The highest BCUT2D eigenvalue weighted by atomic mass is 16.5. The van der Waals surface area contributed by atoms with Crippen LogP contribution in [0.5, 0.6) is 0 Å². The van der Waals surface area contributed by atoms with Gasteiger partial charge in [-0.25, -0.2) is 0 Å². The molecule has 1 aromatic carbocycles. The molecule has 1 unspecified atom stereocenters. The molecule has 5 nitrogen and oxygen atoms in total. The predicted molar refractivity (Wildman–Crippen MR) is 87.7 cm³/mol. The number of methoxy groups -OCH3 is 1. The Bertz CT molecular complexity index is 598. The quantitative estimate of drug-likeness (QED) is 0.926. The predicted octanol–water partition coefficient (Wildman–Crippen LogP) is 2.57. The number of carboxylic acids is 1. The summed E-state index contributed by atoms with van der Waals surface area (Å²) in [5.41, 5.74) is 2.68. The molecular weight excluding hydrogens is 294 g/mol. The normalized spacial score (nSPS) is 21.3. The van der Waals surface area contributed by atoms with E-state index in [-0.39, 0.29) is 19.1 Å². The van der Waals surface area contributed by atoms with Gasteiger partial charge in [0.1, 0.15) is 5.41 Å². The molecule has 1 amide bonds. The van der Waals surface area contributed by atoms with Crippen molar-refractivity contribution in [3.05, 3.63) is 34.4 Å². The Morgan fingerprint density at radius 1 is 1.26 bits per heavy atom. The lowest BCUT2D eigenvalue weighted by molar-refractivity contribution is -0.155. The minimum atomic E-state index is -1.00. The molecule has 2 rings (SSSR count). The Labute approximate surface area is 137 Å². The van der Waals surface area contributed by atoms with Crippen LogP contribution in [0.2, 0.25) is 0 Å². The van der Waals surface area contributed by atoms with Crippen LogP contribution >= 0.6 is 0 Å². The van der Waals surface area contributed by atoms with Gasteiger partial charge in [0.25, 0.3) is 5.91 Å². The summed E-state index contributed by atoms with van der Waals surface area (Å²) < 4.78 is 5.12. The van der Waals surface area contributed by atoms with E-state index in [4.69, 9.17) is 4.74 Å². The number of carboxylic acid groups (broad SMARTS) is 1. The van der Waals surface area contributed by atoms with Crippen LogP contribution in [0.1, 0.15) is 39.9 Å². The number of carbonyl (C=O) groups is 2. The first-order valence-corrected chi connectivity index (χ1v) is 7.90. The molecule has 0 aromatic heterocycles. The van der Waals surface area contributed by atoms with Crippen molar-refractivity contribution in [1.29, 1.82) is 0 Å². The molecule has 1 aliphatic heterocycles.